The van der Waals surface area contributed by atoms with E-state index in [9.17, 15) is 0 Å². The first-order valence-corrected chi connectivity index (χ1v) is 14.2. The molecule has 0 radical (unpaired) electrons. The second-order valence-electron chi connectivity index (χ2n) is 9.80. The summed E-state index contributed by atoms with van der Waals surface area (Å²) < 4.78 is 12.1. The van der Waals surface area contributed by atoms with Crippen LogP contribution in [0.25, 0.3) is 0 Å². The fraction of sp³-hybridized carbons (Fsp3) is 1.00. The van der Waals surface area contributed by atoms with Gasteiger partial charge in [0.2, 0.25) is 0 Å². The molecule has 0 bridgehead atoms. The zero-order valence-electron chi connectivity index (χ0n) is 18.6. The molecule has 2 aliphatic heterocycles. The standard InChI is InChI=1S/C22H44O2P2/c1-15(2)19-11-23-12-20(16(3)4)25(19)9-10-26-21(17(5)6)13-24-14-22(26)18(7)8/h15-22H,9-14H2,1-8H3/t19-,20-,21-,22-/m0/s1. The summed E-state index contributed by atoms with van der Waals surface area (Å²) in [6.45, 7) is 23.4. The maximum atomic E-state index is 6.06. The van der Waals surface area contributed by atoms with Gasteiger partial charge in [-0.05, 0) is 36.0 Å². The van der Waals surface area contributed by atoms with Gasteiger partial charge in [-0.25, -0.2) is 0 Å². The summed E-state index contributed by atoms with van der Waals surface area (Å²) in [5.41, 5.74) is 3.21. The van der Waals surface area contributed by atoms with E-state index < -0.39 is 0 Å². The van der Waals surface area contributed by atoms with E-state index in [0.717, 1.165) is 72.7 Å². The third kappa shape index (κ3) is 5.65. The van der Waals surface area contributed by atoms with Crippen LogP contribution >= 0.6 is 15.8 Å². The van der Waals surface area contributed by atoms with E-state index in [0.29, 0.717) is 0 Å². The van der Waals surface area contributed by atoms with Gasteiger partial charge in [-0.3, -0.25) is 0 Å². The van der Waals surface area contributed by atoms with Gasteiger partial charge in [-0.1, -0.05) is 71.2 Å². The Kier molecular flexibility index (Phi) is 9.34. The molecule has 2 saturated heterocycles. The van der Waals surface area contributed by atoms with Crippen LogP contribution in [0.5, 0.6) is 0 Å². The Hall–Kier alpha value is 0.780. The average molecular weight is 403 g/mol. The van der Waals surface area contributed by atoms with E-state index >= 15 is 0 Å². The first-order valence-electron chi connectivity index (χ1n) is 10.9. The molecule has 2 rings (SSSR count). The predicted molar refractivity (Wildman–Crippen MR) is 120 cm³/mol. The Bertz CT molecular complexity index is 341. The van der Waals surface area contributed by atoms with Gasteiger partial charge in [0.1, 0.15) is 0 Å². The Labute approximate surface area is 166 Å². The van der Waals surface area contributed by atoms with Crippen LogP contribution in [-0.4, -0.2) is 61.4 Å². The number of hydrogen-bond acceptors (Lipinski definition) is 2. The van der Waals surface area contributed by atoms with E-state index in [-0.39, 0.29) is 15.8 Å². The maximum absolute atomic E-state index is 6.06. The molecule has 0 N–H and O–H groups in total. The topological polar surface area (TPSA) is 18.5 Å². The molecule has 154 valence electrons. The molecule has 4 heteroatoms. The lowest BCUT2D eigenvalue weighted by Gasteiger charge is -2.46. The van der Waals surface area contributed by atoms with Crippen molar-refractivity contribution in [3.05, 3.63) is 0 Å². The molecule has 0 aromatic heterocycles. The van der Waals surface area contributed by atoms with E-state index in [1.807, 2.05) is 0 Å². The molecular formula is C22H44O2P2. The van der Waals surface area contributed by atoms with Gasteiger partial charge in [0.05, 0.1) is 26.4 Å². The number of ether oxygens (including phenoxy) is 2. The van der Waals surface area contributed by atoms with Gasteiger partial charge >= 0.3 is 0 Å². The third-order valence-corrected chi connectivity index (χ3v) is 14.8. The van der Waals surface area contributed by atoms with Crippen LogP contribution in [0.3, 0.4) is 0 Å². The summed E-state index contributed by atoms with van der Waals surface area (Å²) in [5.74, 6) is 3.03. The lowest BCUT2D eigenvalue weighted by atomic mass is 10.1. The highest BCUT2D eigenvalue weighted by atomic mass is 31.1. The molecule has 2 aliphatic rings. The van der Waals surface area contributed by atoms with Gasteiger partial charge < -0.3 is 9.47 Å². The SMILES string of the molecule is CC(C)[C@@H]1COC[C@@H](C(C)C)P1CCP1[C@H](C(C)C)COC[C@H]1C(C)C. The molecule has 0 saturated carbocycles. The molecule has 0 aromatic rings. The van der Waals surface area contributed by atoms with Crippen LogP contribution in [0.4, 0.5) is 0 Å². The number of rotatable bonds is 7. The molecule has 2 nitrogen and oxygen atoms in total. The van der Waals surface area contributed by atoms with Crippen LogP contribution in [0.1, 0.15) is 55.4 Å². The summed E-state index contributed by atoms with van der Waals surface area (Å²) in [6.07, 6.45) is 2.95. The van der Waals surface area contributed by atoms with E-state index in [1.54, 1.807) is 0 Å². The molecule has 0 unspecified atom stereocenters. The Morgan fingerprint density at radius 1 is 0.538 bits per heavy atom. The fourth-order valence-corrected chi connectivity index (χ4v) is 13.1. The zero-order valence-corrected chi connectivity index (χ0v) is 20.4. The first kappa shape index (κ1) is 23.1. The van der Waals surface area contributed by atoms with Crippen molar-refractivity contribution in [1.29, 1.82) is 0 Å². The highest BCUT2D eigenvalue weighted by Crippen LogP contribution is 2.60. The predicted octanol–water partition coefficient (Wildman–Crippen LogP) is 6.11. The van der Waals surface area contributed by atoms with E-state index in [1.165, 1.54) is 12.3 Å². The van der Waals surface area contributed by atoms with Crippen LogP contribution in [-0.2, 0) is 9.47 Å². The lowest BCUT2D eigenvalue weighted by molar-refractivity contribution is 0.104. The largest absolute Gasteiger partial charge is 0.380 e. The molecule has 0 spiro atoms. The highest BCUT2D eigenvalue weighted by molar-refractivity contribution is 7.63. The minimum atomic E-state index is 0.0714. The molecular weight excluding hydrogens is 358 g/mol. The third-order valence-electron chi connectivity index (χ3n) is 6.55. The van der Waals surface area contributed by atoms with Crippen LogP contribution in [0.15, 0.2) is 0 Å². The number of hydrogen-bond donors (Lipinski definition) is 0. The average Bonchev–Trinajstić information content (AvgIpc) is 2.58. The van der Waals surface area contributed by atoms with Gasteiger partial charge in [0.15, 0.2) is 0 Å². The van der Waals surface area contributed by atoms with Crippen molar-refractivity contribution in [3.8, 4) is 0 Å². The van der Waals surface area contributed by atoms with E-state index in [2.05, 4.69) is 55.4 Å². The van der Waals surface area contributed by atoms with Crippen LogP contribution < -0.4 is 0 Å². The van der Waals surface area contributed by atoms with Crippen LogP contribution in [0, 0.1) is 23.7 Å². The molecule has 0 amide bonds. The van der Waals surface area contributed by atoms with Crippen molar-refractivity contribution in [2.75, 3.05) is 38.8 Å². The quantitative estimate of drug-likeness (QED) is 0.478. The molecule has 2 fully saturated rings. The Morgan fingerprint density at radius 2 is 0.769 bits per heavy atom. The highest BCUT2D eigenvalue weighted by Gasteiger charge is 2.40. The fourth-order valence-electron chi connectivity index (χ4n) is 4.69. The maximum Gasteiger partial charge on any atom is 0.0536 e. The van der Waals surface area contributed by atoms with Crippen molar-refractivity contribution < 1.29 is 9.47 Å². The summed E-state index contributed by atoms with van der Waals surface area (Å²) >= 11 is 0. The van der Waals surface area contributed by atoms with E-state index in [4.69, 9.17) is 9.47 Å². The molecule has 0 aliphatic carbocycles. The van der Waals surface area contributed by atoms with Gasteiger partial charge in [-0.2, -0.15) is 0 Å². The normalized spacial score (nSPS) is 32.3. The summed E-state index contributed by atoms with van der Waals surface area (Å²) in [7, 11) is 0.143. The summed E-state index contributed by atoms with van der Waals surface area (Å²) in [5, 5.41) is 0. The first-order chi connectivity index (χ1) is 12.2. The van der Waals surface area contributed by atoms with Gasteiger partial charge in [0, 0.05) is 22.6 Å². The van der Waals surface area contributed by atoms with Crippen molar-refractivity contribution in [2.24, 2.45) is 23.7 Å². The lowest BCUT2D eigenvalue weighted by Crippen LogP contribution is -2.40. The molecule has 26 heavy (non-hydrogen) atoms. The van der Waals surface area contributed by atoms with Crippen molar-refractivity contribution in [1.82, 2.24) is 0 Å². The zero-order chi connectivity index (χ0) is 19.4. The molecule has 2 heterocycles. The van der Waals surface area contributed by atoms with Crippen LogP contribution in [0.2, 0.25) is 0 Å². The minimum absolute atomic E-state index is 0.0714. The summed E-state index contributed by atoms with van der Waals surface area (Å²) in [4.78, 5) is 0. The van der Waals surface area contributed by atoms with Crippen molar-refractivity contribution in [2.45, 2.75) is 78.0 Å². The van der Waals surface area contributed by atoms with Gasteiger partial charge in [-0.15, -0.1) is 0 Å². The monoisotopic (exact) mass is 402 g/mol. The molecule has 4 atom stereocenters. The van der Waals surface area contributed by atoms with Crippen molar-refractivity contribution in [3.63, 3.8) is 0 Å². The Morgan fingerprint density at radius 3 is 0.962 bits per heavy atom. The summed E-state index contributed by atoms with van der Waals surface area (Å²) in [6, 6.07) is 0. The second-order valence-corrected chi connectivity index (χ2v) is 15.4. The second kappa shape index (κ2) is 10.5. The minimum Gasteiger partial charge on any atom is -0.380 e. The molecule has 0 aromatic carbocycles. The van der Waals surface area contributed by atoms with Gasteiger partial charge in [0.25, 0.3) is 0 Å². The van der Waals surface area contributed by atoms with Crippen molar-refractivity contribution >= 4 is 15.8 Å². The smallest absolute Gasteiger partial charge is 0.0536 e. The Balaban J connectivity index is 2.14.